The zero-order valence-electron chi connectivity index (χ0n) is 14.6. The maximum absolute atomic E-state index is 5.44. The summed E-state index contributed by atoms with van der Waals surface area (Å²) in [5, 5.41) is 0. The van der Waals surface area contributed by atoms with E-state index >= 15 is 0 Å². The van der Waals surface area contributed by atoms with Crippen LogP contribution in [-0.2, 0) is 6.42 Å². The largest absolute Gasteiger partial charge is 0.493 e. The van der Waals surface area contributed by atoms with Gasteiger partial charge in [-0.15, -0.1) is 0 Å². The van der Waals surface area contributed by atoms with Gasteiger partial charge in [-0.2, -0.15) is 0 Å². The fourth-order valence-corrected chi connectivity index (χ4v) is 2.93. The fraction of sp³-hybridized carbons (Fsp3) is 0.400. The van der Waals surface area contributed by atoms with Gasteiger partial charge in [0.05, 0.1) is 14.2 Å². The highest BCUT2D eigenvalue weighted by Gasteiger charge is 2.16. The summed E-state index contributed by atoms with van der Waals surface area (Å²) < 4.78 is 10.8. The molecular formula is C20H27NO2. The quantitative estimate of drug-likeness (QED) is 0.724. The van der Waals surface area contributed by atoms with Gasteiger partial charge in [0, 0.05) is 6.04 Å². The van der Waals surface area contributed by atoms with E-state index in [2.05, 4.69) is 61.5 Å². The first kappa shape index (κ1) is 17.4. The summed E-state index contributed by atoms with van der Waals surface area (Å²) in [6.07, 6.45) is 3.37. The Kier molecular flexibility index (Phi) is 6.48. The molecule has 0 fully saturated rings. The number of hydrogen-bond acceptors (Lipinski definition) is 3. The Morgan fingerprint density at radius 1 is 0.913 bits per heavy atom. The predicted molar refractivity (Wildman–Crippen MR) is 95.4 cm³/mol. The van der Waals surface area contributed by atoms with Crippen molar-refractivity contribution in [1.29, 1.82) is 0 Å². The average Bonchev–Trinajstić information content (AvgIpc) is 2.58. The van der Waals surface area contributed by atoms with E-state index in [4.69, 9.17) is 9.47 Å². The van der Waals surface area contributed by atoms with Crippen LogP contribution in [0.1, 0.15) is 30.0 Å². The molecule has 0 unspecified atom stereocenters. The first-order chi connectivity index (χ1) is 11.2. The molecule has 0 heterocycles. The first-order valence-corrected chi connectivity index (χ1v) is 8.08. The molecule has 0 aliphatic carbocycles. The number of hydrogen-bond donors (Lipinski definition) is 0. The molecule has 2 aromatic rings. The highest BCUT2D eigenvalue weighted by molar-refractivity contribution is 5.43. The molecule has 23 heavy (non-hydrogen) atoms. The Bertz CT molecular complexity index is 596. The molecule has 0 bridgehead atoms. The molecule has 3 heteroatoms. The van der Waals surface area contributed by atoms with E-state index in [1.54, 1.807) is 14.2 Å². The lowest BCUT2D eigenvalue weighted by Gasteiger charge is -2.25. The minimum Gasteiger partial charge on any atom is -0.493 e. The molecule has 0 aliphatic rings. The summed E-state index contributed by atoms with van der Waals surface area (Å²) >= 11 is 0. The van der Waals surface area contributed by atoms with E-state index in [9.17, 15) is 0 Å². The molecule has 0 aromatic heterocycles. The Labute approximate surface area is 139 Å². The van der Waals surface area contributed by atoms with Crippen LogP contribution in [0.4, 0.5) is 0 Å². The van der Waals surface area contributed by atoms with Gasteiger partial charge in [0.25, 0.3) is 0 Å². The monoisotopic (exact) mass is 313 g/mol. The van der Waals surface area contributed by atoms with Crippen LogP contribution in [0.25, 0.3) is 0 Å². The first-order valence-electron chi connectivity index (χ1n) is 8.08. The molecule has 2 rings (SSSR count). The minimum absolute atomic E-state index is 0.374. The number of rotatable bonds is 8. The SMILES string of the molecule is COc1ccc([C@H](CCCc2ccccc2)N(C)C)cc1OC. The lowest BCUT2D eigenvalue weighted by Crippen LogP contribution is -2.20. The van der Waals surface area contributed by atoms with Crippen LogP contribution >= 0.6 is 0 Å². The van der Waals surface area contributed by atoms with E-state index in [-0.39, 0.29) is 0 Å². The highest BCUT2D eigenvalue weighted by atomic mass is 16.5. The van der Waals surface area contributed by atoms with Gasteiger partial charge < -0.3 is 14.4 Å². The van der Waals surface area contributed by atoms with Gasteiger partial charge in [0.15, 0.2) is 11.5 Å². The molecule has 0 N–H and O–H groups in total. The van der Waals surface area contributed by atoms with Gasteiger partial charge >= 0.3 is 0 Å². The Balaban J connectivity index is 2.06. The molecule has 0 saturated carbocycles. The van der Waals surface area contributed by atoms with Crippen LogP contribution in [0.15, 0.2) is 48.5 Å². The Morgan fingerprint density at radius 2 is 1.61 bits per heavy atom. The molecule has 1 atom stereocenters. The van der Waals surface area contributed by atoms with Gasteiger partial charge in [-0.3, -0.25) is 0 Å². The van der Waals surface area contributed by atoms with Gasteiger partial charge in [0.1, 0.15) is 0 Å². The van der Waals surface area contributed by atoms with E-state index in [1.165, 1.54) is 11.1 Å². The second kappa shape index (κ2) is 8.59. The smallest absolute Gasteiger partial charge is 0.161 e. The zero-order chi connectivity index (χ0) is 16.7. The molecule has 124 valence electrons. The van der Waals surface area contributed by atoms with Crippen molar-refractivity contribution in [3.05, 3.63) is 59.7 Å². The third-order valence-corrected chi connectivity index (χ3v) is 4.20. The summed E-state index contributed by atoms with van der Waals surface area (Å²) in [6.45, 7) is 0. The summed E-state index contributed by atoms with van der Waals surface area (Å²) in [5.74, 6) is 1.57. The molecule has 0 spiro atoms. The van der Waals surface area contributed by atoms with Crippen molar-refractivity contribution in [3.63, 3.8) is 0 Å². The normalized spacial score (nSPS) is 12.2. The van der Waals surface area contributed by atoms with Crippen molar-refractivity contribution < 1.29 is 9.47 Å². The second-order valence-corrected chi connectivity index (χ2v) is 5.97. The van der Waals surface area contributed by atoms with Crippen molar-refractivity contribution in [1.82, 2.24) is 4.90 Å². The van der Waals surface area contributed by atoms with E-state index in [0.29, 0.717) is 6.04 Å². The average molecular weight is 313 g/mol. The van der Waals surface area contributed by atoms with Crippen LogP contribution < -0.4 is 9.47 Å². The van der Waals surface area contributed by atoms with Crippen LogP contribution in [0.5, 0.6) is 11.5 Å². The van der Waals surface area contributed by atoms with E-state index < -0.39 is 0 Å². The summed E-state index contributed by atoms with van der Waals surface area (Å²) in [5.41, 5.74) is 2.66. The van der Waals surface area contributed by atoms with Crippen molar-refractivity contribution in [2.75, 3.05) is 28.3 Å². The van der Waals surface area contributed by atoms with Gasteiger partial charge in [-0.05, 0) is 56.6 Å². The maximum Gasteiger partial charge on any atom is 0.161 e. The molecular weight excluding hydrogens is 286 g/mol. The Hall–Kier alpha value is -2.00. The Morgan fingerprint density at radius 3 is 2.22 bits per heavy atom. The molecule has 2 aromatic carbocycles. The zero-order valence-corrected chi connectivity index (χ0v) is 14.6. The van der Waals surface area contributed by atoms with Crippen molar-refractivity contribution in [3.8, 4) is 11.5 Å². The topological polar surface area (TPSA) is 21.7 Å². The van der Waals surface area contributed by atoms with Gasteiger partial charge in [0.2, 0.25) is 0 Å². The standard InChI is InChI=1S/C20H27NO2/c1-21(2)18(12-8-11-16-9-6-5-7-10-16)17-13-14-19(22-3)20(15-17)23-4/h5-7,9-10,13-15,18H,8,11-12H2,1-4H3/t18-/m0/s1. The third kappa shape index (κ3) is 4.73. The molecule has 0 radical (unpaired) electrons. The number of nitrogens with zero attached hydrogens (tertiary/aromatic N) is 1. The number of aryl methyl sites for hydroxylation is 1. The molecule has 3 nitrogen and oxygen atoms in total. The maximum atomic E-state index is 5.44. The van der Waals surface area contributed by atoms with Crippen LogP contribution in [0.3, 0.4) is 0 Å². The van der Waals surface area contributed by atoms with Crippen LogP contribution in [0, 0.1) is 0 Å². The number of benzene rings is 2. The summed E-state index contributed by atoms with van der Waals surface area (Å²) in [4.78, 5) is 2.27. The minimum atomic E-state index is 0.374. The molecule has 0 saturated heterocycles. The third-order valence-electron chi connectivity index (χ3n) is 4.20. The van der Waals surface area contributed by atoms with Gasteiger partial charge in [-0.1, -0.05) is 36.4 Å². The lowest BCUT2D eigenvalue weighted by atomic mass is 9.98. The van der Waals surface area contributed by atoms with Crippen molar-refractivity contribution >= 4 is 0 Å². The molecule has 0 amide bonds. The highest BCUT2D eigenvalue weighted by Crippen LogP contribution is 2.33. The molecule has 0 aliphatic heterocycles. The fourth-order valence-electron chi connectivity index (χ4n) is 2.93. The van der Waals surface area contributed by atoms with Crippen LogP contribution in [-0.4, -0.2) is 33.2 Å². The van der Waals surface area contributed by atoms with E-state index in [0.717, 1.165) is 30.8 Å². The van der Waals surface area contributed by atoms with Crippen LogP contribution in [0.2, 0.25) is 0 Å². The van der Waals surface area contributed by atoms with Gasteiger partial charge in [-0.25, -0.2) is 0 Å². The number of ether oxygens (including phenoxy) is 2. The summed E-state index contributed by atoms with van der Waals surface area (Å²) in [7, 11) is 7.61. The van der Waals surface area contributed by atoms with Crippen molar-refractivity contribution in [2.24, 2.45) is 0 Å². The lowest BCUT2D eigenvalue weighted by molar-refractivity contribution is 0.277. The second-order valence-electron chi connectivity index (χ2n) is 5.97. The van der Waals surface area contributed by atoms with E-state index in [1.807, 2.05) is 6.07 Å². The summed E-state index contributed by atoms with van der Waals surface area (Å²) in [6, 6.07) is 17.2. The number of methoxy groups -OCH3 is 2. The predicted octanol–water partition coefficient (Wildman–Crippen LogP) is 4.33. The van der Waals surface area contributed by atoms with Crippen molar-refractivity contribution in [2.45, 2.75) is 25.3 Å².